The van der Waals surface area contributed by atoms with Gasteiger partial charge in [0.05, 0.1) is 5.03 Å². The Labute approximate surface area is 180 Å². The lowest BCUT2D eigenvalue weighted by Crippen LogP contribution is -2.39. The van der Waals surface area contributed by atoms with Gasteiger partial charge in [-0.3, -0.25) is 14.4 Å². The van der Waals surface area contributed by atoms with Gasteiger partial charge in [0.1, 0.15) is 5.56 Å². The number of pyridine rings is 2. The Bertz CT molecular complexity index is 930. The number of aromatic nitrogens is 2. The van der Waals surface area contributed by atoms with Crippen molar-refractivity contribution in [2.45, 2.75) is 50.6 Å². The van der Waals surface area contributed by atoms with Gasteiger partial charge < -0.3 is 15.2 Å². The number of carbonyl (C=O) groups is 2. The molecule has 8 heteroatoms. The third-order valence-corrected chi connectivity index (χ3v) is 6.08. The second-order valence-electron chi connectivity index (χ2n) is 7.29. The van der Waals surface area contributed by atoms with Crippen molar-refractivity contribution in [3.63, 3.8) is 0 Å². The fourth-order valence-electron chi connectivity index (χ4n) is 3.55. The fraction of sp³-hybridized carbons (Fsp3) is 0.455. The first-order valence-corrected chi connectivity index (χ1v) is 11.4. The number of hydrogen-bond donors (Lipinski definition) is 2. The van der Waals surface area contributed by atoms with E-state index in [1.165, 1.54) is 0 Å². The highest BCUT2D eigenvalue weighted by Gasteiger charge is 2.26. The van der Waals surface area contributed by atoms with Crippen LogP contribution in [0.1, 0.15) is 54.1 Å². The van der Waals surface area contributed by atoms with Crippen molar-refractivity contribution in [3.8, 4) is 0 Å². The van der Waals surface area contributed by atoms with E-state index in [1.54, 1.807) is 24.2 Å². The zero-order valence-electron chi connectivity index (χ0n) is 17.3. The van der Waals surface area contributed by atoms with Crippen molar-refractivity contribution in [1.82, 2.24) is 20.2 Å². The first-order chi connectivity index (χ1) is 14.6. The maximum atomic E-state index is 12.7. The molecule has 160 valence electrons. The van der Waals surface area contributed by atoms with E-state index in [1.807, 2.05) is 23.1 Å². The number of thioether (sulfide) groups is 1. The van der Waals surface area contributed by atoms with E-state index in [4.69, 9.17) is 0 Å². The van der Waals surface area contributed by atoms with Gasteiger partial charge in [0.2, 0.25) is 5.91 Å². The number of amides is 2. The summed E-state index contributed by atoms with van der Waals surface area (Å²) in [5, 5.41) is 3.73. The van der Waals surface area contributed by atoms with Crippen LogP contribution in [-0.4, -0.2) is 45.5 Å². The lowest BCUT2D eigenvalue weighted by molar-refractivity contribution is -0.132. The molecule has 2 amide bonds. The van der Waals surface area contributed by atoms with E-state index >= 15 is 0 Å². The molecule has 0 aromatic carbocycles. The van der Waals surface area contributed by atoms with Gasteiger partial charge in [-0.25, -0.2) is 4.98 Å². The summed E-state index contributed by atoms with van der Waals surface area (Å²) in [6, 6.07) is 5.69. The molecule has 0 radical (unpaired) electrons. The zero-order chi connectivity index (χ0) is 21.3. The van der Waals surface area contributed by atoms with E-state index in [0.29, 0.717) is 38.2 Å². The molecule has 0 unspecified atom stereocenters. The van der Waals surface area contributed by atoms with Crippen LogP contribution in [0.4, 0.5) is 0 Å². The number of nitrogens with one attached hydrogen (secondary N) is 2. The van der Waals surface area contributed by atoms with Crippen LogP contribution >= 0.6 is 11.8 Å². The Kier molecular flexibility index (Phi) is 8.07. The van der Waals surface area contributed by atoms with Crippen molar-refractivity contribution < 1.29 is 9.59 Å². The lowest BCUT2D eigenvalue weighted by Gasteiger charge is -2.29. The molecule has 0 fully saturated rings. The van der Waals surface area contributed by atoms with Crippen molar-refractivity contribution in [2.24, 2.45) is 0 Å². The Hall–Kier alpha value is -2.61. The number of aromatic amines is 1. The zero-order valence-corrected chi connectivity index (χ0v) is 18.1. The molecule has 0 bridgehead atoms. The molecular formula is C22H28N4O3S. The van der Waals surface area contributed by atoms with Crippen LogP contribution in [-0.2, 0) is 17.8 Å². The molecule has 2 aromatic heterocycles. The second-order valence-corrected chi connectivity index (χ2v) is 8.41. The molecule has 0 saturated carbocycles. The van der Waals surface area contributed by atoms with E-state index < -0.39 is 0 Å². The van der Waals surface area contributed by atoms with Crippen LogP contribution in [0.3, 0.4) is 0 Å². The first-order valence-electron chi connectivity index (χ1n) is 10.4. The number of unbranched alkanes of at least 4 members (excludes halogenated alkanes) is 2. The number of nitrogens with zero attached hydrogens (tertiary/aromatic N) is 2. The van der Waals surface area contributed by atoms with Gasteiger partial charge in [-0.2, -0.15) is 0 Å². The van der Waals surface area contributed by atoms with Gasteiger partial charge >= 0.3 is 0 Å². The van der Waals surface area contributed by atoms with Crippen LogP contribution in [0.15, 0.2) is 40.4 Å². The molecule has 7 nitrogen and oxygen atoms in total. The summed E-state index contributed by atoms with van der Waals surface area (Å²) in [4.78, 5) is 46.2. The van der Waals surface area contributed by atoms with Gasteiger partial charge in [0.15, 0.2) is 0 Å². The molecule has 0 atom stereocenters. The summed E-state index contributed by atoms with van der Waals surface area (Å²) in [5.41, 5.74) is 1.39. The lowest BCUT2D eigenvalue weighted by atomic mass is 9.96. The van der Waals surface area contributed by atoms with Crippen LogP contribution in [0.2, 0.25) is 0 Å². The Balaban J connectivity index is 1.60. The topological polar surface area (TPSA) is 95.2 Å². The molecule has 0 spiro atoms. The number of carbonyl (C=O) groups excluding carboxylic acids is 2. The second kappa shape index (κ2) is 11.0. The largest absolute Gasteiger partial charge is 0.351 e. The third kappa shape index (κ3) is 5.72. The number of hydrogen-bond acceptors (Lipinski definition) is 5. The minimum atomic E-state index is -0.383. The number of rotatable bonds is 9. The highest BCUT2D eigenvalue weighted by Crippen LogP contribution is 2.21. The van der Waals surface area contributed by atoms with Gasteiger partial charge in [-0.1, -0.05) is 25.8 Å². The minimum absolute atomic E-state index is 0.137. The summed E-state index contributed by atoms with van der Waals surface area (Å²) >= 11 is 1.55. The van der Waals surface area contributed by atoms with Crippen LogP contribution in [0.5, 0.6) is 0 Å². The smallest absolute Gasteiger partial charge is 0.261 e. The van der Waals surface area contributed by atoms with Crippen LogP contribution in [0, 0.1) is 0 Å². The number of H-pyrrole nitrogens is 1. The van der Waals surface area contributed by atoms with E-state index in [0.717, 1.165) is 35.4 Å². The highest BCUT2D eigenvalue weighted by molar-refractivity contribution is 7.99. The van der Waals surface area contributed by atoms with Crippen molar-refractivity contribution in [3.05, 3.63) is 57.6 Å². The van der Waals surface area contributed by atoms with Crippen molar-refractivity contribution >= 4 is 23.6 Å². The summed E-state index contributed by atoms with van der Waals surface area (Å²) < 4.78 is 0. The first kappa shape index (κ1) is 22.1. The molecule has 3 rings (SSSR count). The molecule has 30 heavy (non-hydrogen) atoms. The van der Waals surface area contributed by atoms with E-state index in [9.17, 15) is 14.4 Å². The Morgan fingerprint density at radius 1 is 1.30 bits per heavy atom. The van der Waals surface area contributed by atoms with Gasteiger partial charge in [0.25, 0.3) is 11.5 Å². The summed E-state index contributed by atoms with van der Waals surface area (Å²) in [7, 11) is 0. The fourth-order valence-corrected chi connectivity index (χ4v) is 4.27. The van der Waals surface area contributed by atoms with Crippen molar-refractivity contribution in [1.29, 1.82) is 0 Å². The highest BCUT2D eigenvalue weighted by atomic mass is 32.2. The minimum Gasteiger partial charge on any atom is -0.351 e. The molecule has 3 heterocycles. The molecule has 2 aromatic rings. The van der Waals surface area contributed by atoms with E-state index in [-0.39, 0.29) is 22.9 Å². The maximum absolute atomic E-state index is 12.7. The standard InChI is InChI=1S/C22H28N4O3S/c1-2-3-4-8-19(27)26-12-9-17-16(15-26)14-25-22(29)20(17)21(28)24-11-13-30-18-7-5-6-10-23-18/h5-7,10,14H,2-4,8-9,11-13,15H2,1H3,(H,24,28)(H,25,29). The predicted octanol–water partition coefficient (Wildman–Crippen LogP) is 2.76. The third-order valence-electron chi connectivity index (χ3n) is 5.14. The molecule has 2 N–H and O–H groups in total. The average Bonchev–Trinajstić information content (AvgIpc) is 2.77. The van der Waals surface area contributed by atoms with Gasteiger partial charge in [-0.15, -0.1) is 11.8 Å². The molecule has 0 aliphatic carbocycles. The quantitative estimate of drug-likeness (QED) is 0.473. The van der Waals surface area contributed by atoms with Gasteiger partial charge in [0, 0.05) is 44.2 Å². The summed E-state index contributed by atoms with van der Waals surface area (Å²) in [6.07, 6.45) is 7.46. The average molecular weight is 429 g/mol. The molecule has 1 aliphatic heterocycles. The predicted molar refractivity (Wildman–Crippen MR) is 118 cm³/mol. The van der Waals surface area contributed by atoms with Crippen molar-refractivity contribution in [2.75, 3.05) is 18.8 Å². The summed E-state index contributed by atoms with van der Waals surface area (Å²) in [5.74, 6) is 0.436. The molecule has 0 saturated heterocycles. The molecular weight excluding hydrogens is 400 g/mol. The molecule has 1 aliphatic rings. The van der Waals surface area contributed by atoms with Gasteiger partial charge in [-0.05, 0) is 36.1 Å². The monoisotopic (exact) mass is 428 g/mol. The Morgan fingerprint density at radius 3 is 2.93 bits per heavy atom. The van der Waals surface area contributed by atoms with E-state index in [2.05, 4.69) is 22.2 Å². The van der Waals surface area contributed by atoms with Crippen LogP contribution in [0.25, 0.3) is 0 Å². The number of fused-ring (bicyclic) bond motifs is 1. The summed E-state index contributed by atoms with van der Waals surface area (Å²) in [6.45, 7) is 3.52. The SMILES string of the molecule is CCCCCC(=O)N1CCc2c(c[nH]c(=O)c2C(=O)NCCSc2ccccn2)C1. The maximum Gasteiger partial charge on any atom is 0.261 e. The Morgan fingerprint density at radius 2 is 2.17 bits per heavy atom. The van der Waals surface area contributed by atoms with Crippen LogP contribution < -0.4 is 10.9 Å². The normalized spacial score (nSPS) is 13.0.